The van der Waals surface area contributed by atoms with Gasteiger partial charge in [-0.05, 0) is 17.7 Å². The number of hydrogen-bond acceptors (Lipinski definition) is 3. The van der Waals surface area contributed by atoms with Gasteiger partial charge in [-0.3, -0.25) is 9.59 Å². The molecule has 1 aromatic rings. The molecule has 0 saturated carbocycles. The molecule has 18 heavy (non-hydrogen) atoms. The van der Waals surface area contributed by atoms with Crippen LogP contribution < -0.4 is 5.32 Å². The van der Waals surface area contributed by atoms with Crippen LogP contribution in [0.2, 0.25) is 0 Å². The average Bonchev–Trinajstić information content (AvgIpc) is 2.73. The van der Waals surface area contributed by atoms with E-state index in [1.165, 1.54) is 4.90 Å². The molecule has 0 unspecified atom stereocenters. The van der Waals surface area contributed by atoms with Gasteiger partial charge >= 0.3 is 0 Å². The van der Waals surface area contributed by atoms with E-state index in [4.69, 9.17) is 5.26 Å². The van der Waals surface area contributed by atoms with Crippen molar-refractivity contribution in [3.63, 3.8) is 0 Å². The van der Waals surface area contributed by atoms with Crippen molar-refractivity contribution in [3.8, 4) is 6.07 Å². The number of fused-ring (bicyclic) bond motifs is 1. The molecule has 5 heteroatoms. The molecule has 0 saturated heterocycles. The second-order valence-electron chi connectivity index (χ2n) is 4.23. The number of nitriles is 1. The van der Waals surface area contributed by atoms with Gasteiger partial charge in [-0.25, -0.2) is 0 Å². The highest BCUT2D eigenvalue weighted by Gasteiger charge is 2.20. The second kappa shape index (κ2) is 4.88. The minimum absolute atomic E-state index is 0.0487. The van der Waals surface area contributed by atoms with Crippen LogP contribution in [0, 0.1) is 11.3 Å². The van der Waals surface area contributed by atoms with Crippen molar-refractivity contribution >= 4 is 17.5 Å². The number of nitrogens with zero attached hydrogens (tertiary/aromatic N) is 2. The van der Waals surface area contributed by atoms with E-state index in [0.29, 0.717) is 30.6 Å². The largest absolute Gasteiger partial charge is 0.341 e. The molecular formula is C13H13N3O2. The van der Waals surface area contributed by atoms with Crippen LogP contribution in [-0.4, -0.2) is 30.3 Å². The summed E-state index contributed by atoms with van der Waals surface area (Å²) in [4.78, 5) is 24.8. The van der Waals surface area contributed by atoms with E-state index in [0.717, 1.165) is 5.56 Å². The Morgan fingerprint density at radius 3 is 3.06 bits per heavy atom. The number of benzene rings is 1. The van der Waals surface area contributed by atoms with Crippen molar-refractivity contribution in [1.29, 1.82) is 5.26 Å². The van der Waals surface area contributed by atoms with Crippen LogP contribution >= 0.6 is 0 Å². The Morgan fingerprint density at radius 1 is 1.56 bits per heavy atom. The number of carbonyl (C=O) groups excluding carboxylic acids is 2. The monoisotopic (exact) mass is 243 g/mol. The highest BCUT2D eigenvalue weighted by Crippen LogP contribution is 2.24. The van der Waals surface area contributed by atoms with Crippen LogP contribution in [0.15, 0.2) is 18.2 Å². The minimum atomic E-state index is -0.144. The zero-order chi connectivity index (χ0) is 13.1. The first-order chi connectivity index (χ1) is 8.61. The van der Waals surface area contributed by atoms with E-state index in [9.17, 15) is 9.59 Å². The summed E-state index contributed by atoms with van der Waals surface area (Å²) in [7, 11) is 1.66. The highest BCUT2D eigenvalue weighted by atomic mass is 16.2. The van der Waals surface area contributed by atoms with Crippen molar-refractivity contribution in [2.45, 2.75) is 12.8 Å². The average molecular weight is 243 g/mol. The molecule has 1 aromatic carbocycles. The molecule has 0 atom stereocenters. The zero-order valence-corrected chi connectivity index (χ0v) is 10.1. The quantitative estimate of drug-likeness (QED) is 0.866. The molecule has 5 nitrogen and oxygen atoms in total. The fraction of sp³-hybridized carbons (Fsp3) is 0.308. The maximum absolute atomic E-state index is 12.0. The first kappa shape index (κ1) is 12.1. The Balaban J connectivity index is 2.15. The number of carbonyl (C=O) groups is 2. The Kier molecular flexibility index (Phi) is 3.28. The van der Waals surface area contributed by atoms with Gasteiger partial charge in [0.05, 0.1) is 18.9 Å². The summed E-state index contributed by atoms with van der Waals surface area (Å²) >= 11 is 0. The smallest absolute Gasteiger partial charge is 0.253 e. The Labute approximate surface area is 105 Å². The second-order valence-corrected chi connectivity index (χ2v) is 4.23. The van der Waals surface area contributed by atoms with Crippen molar-refractivity contribution in [3.05, 3.63) is 29.3 Å². The summed E-state index contributed by atoms with van der Waals surface area (Å²) in [6, 6.07) is 7.19. The van der Waals surface area contributed by atoms with Crippen LogP contribution in [0.25, 0.3) is 0 Å². The lowest BCUT2D eigenvalue weighted by Gasteiger charge is -2.15. The van der Waals surface area contributed by atoms with E-state index in [1.807, 2.05) is 6.07 Å². The van der Waals surface area contributed by atoms with Gasteiger partial charge in [0.25, 0.3) is 5.91 Å². The molecule has 1 N–H and O–H groups in total. The standard InChI is InChI=1S/C13H13N3O2/c1-16(6-2-5-14)13(18)10-4-3-9-8-12(17)15-11(9)7-10/h3-4,7H,2,6,8H2,1H3,(H,15,17). The predicted molar refractivity (Wildman–Crippen MR) is 66.0 cm³/mol. The predicted octanol–water partition coefficient (Wildman–Crippen LogP) is 1.17. The number of rotatable bonds is 3. The van der Waals surface area contributed by atoms with Crippen molar-refractivity contribution in [2.75, 3.05) is 18.9 Å². The zero-order valence-electron chi connectivity index (χ0n) is 10.1. The van der Waals surface area contributed by atoms with Gasteiger partial charge in [0.2, 0.25) is 5.91 Å². The van der Waals surface area contributed by atoms with Gasteiger partial charge in [-0.1, -0.05) is 6.07 Å². The van der Waals surface area contributed by atoms with E-state index >= 15 is 0 Å². The lowest BCUT2D eigenvalue weighted by Crippen LogP contribution is -2.27. The first-order valence-corrected chi connectivity index (χ1v) is 5.67. The van der Waals surface area contributed by atoms with Crippen LogP contribution in [0.5, 0.6) is 0 Å². The third kappa shape index (κ3) is 2.33. The number of anilines is 1. The van der Waals surface area contributed by atoms with Gasteiger partial charge in [-0.2, -0.15) is 5.26 Å². The molecule has 1 heterocycles. The topological polar surface area (TPSA) is 73.2 Å². The maximum atomic E-state index is 12.0. The lowest BCUT2D eigenvalue weighted by atomic mass is 10.1. The molecule has 0 spiro atoms. The molecule has 0 bridgehead atoms. The van der Waals surface area contributed by atoms with Gasteiger partial charge in [0.1, 0.15) is 0 Å². The summed E-state index contributed by atoms with van der Waals surface area (Å²) in [6.45, 7) is 0.402. The molecule has 2 amide bonds. The minimum Gasteiger partial charge on any atom is -0.341 e. The van der Waals surface area contributed by atoms with Gasteiger partial charge in [-0.15, -0.1) is 0 Å². The third-order valence-corrected chi connectivity index (χ3v) is 2.89. The molecule has 1 aliphatic heterocycles. The first-order valence-electron chi connectivity index (χ1n) is 5.67. The Morgan fingerprint density at radius 2 is 2.33 bits per heavy atom. The van der Waals surface area contributed by atoms with E-state index in [2.05, 4.69) is 5.32 Å². The SMILES string of the molecule is CN(CCC#N)C(=O)c1ccc2c(c1)NC(=O)C2. The van der Waals surface area contributed by atoms with Crippen molar-refractivity contribution < 1.29 is 9.59 Å². The fourth-order valence-corrected chi connectivity index (χ4v) is 1.89. The Hall–Kier alpha value is -2.35. The van der Waals surface area contributed by atoms with Crippen molar-refractivity contribution in [1.82, 2.24) is 4.90 Å². The lowest BCUT2D eigenvalue weighted by molar-refractivity contribution is -0.115. The molecule has 0 aromatic heterocycles. The van der Waals surface area contributed by atoms with Crippen LogP contribution in [0.4, 0.5) is 5.69 Å². The third-order valence-electron chi connectivity index (χ3n) is 2.89. The van der Waals surface area contributed by atoms with Gasteiger partial charge < -0.3 is 10.2 Å². The molecule has 2 rings (SSSR count). The fourth-order valence-electron chi connectivity index (χ4n) is 1.89. The maximum Gasteiger partial charge on any atom is 0.253 e. The summed E-state index contributed by atoms with van der Waals surface area (Å²) in [5, 5.41) is 11.2. The molecule has 92 valence electrons. The number of amides is 2. The molecular weight excluding hydrogens is 230 g/mol. The van der Waals surface area contributed by atoms with E-state index in [1.54, 1.807) is 25.2 Å². The van der Waals surface area contributed by atoms with E-state index < -0.39 is 0 Å². The molecule has 0 fully saturated rings. The summed E-state index contributed by atoms with van der Waals surface area (Å²) < 4.78 is 0. The Bertz CT molecular complexity index is 546. The molecule has 0 aliphatic carbocycles. The summed E-state index contributed by atoms with van der Waals surface area (Å²) in [5.74, 6) is -0.193. The van der Waals surface area contributed by atoms with E-state index in [-0.39, 0.29) is 11.8 Å². The molecule has 0 radical (unpaired) electrons. The summed E-state index contributed by atoms with van der Waals surface area (Å²) in [6.07, 6.45) is 0.679. The number of hydrogen-bond donors (Lipinski definition) is 1. The van der Waals surface area contributed by atoms with Gasteiger partial charge in [0, 0.05) is 24.8 Å². The van der Waals surface area contributed by atoms with Gasteiger partial charge in [0.15, 0.2) is 0 Å². The highest BCUT2D eigenvalue weighted by molar-refractivity contribution is 6.02. The van der Waals surface area contributed by atoms with Crippen molar-refractivity contribution in [2.24, 2.45) is 0 Å². The molecule has 1 aliphatic rings. The van der Waals surface area contributed by atoms with Crippen LogP contribution in [0.3, 0.4) is 0 Å². The van der Waals surface area contributed by atoms with Crippen LogP contribution in [0.1, 0.15) is 22.3 Å². The van der Waals surface area contributed by atoms with Crippen LogP contribution in [-0.2, 0) is 11.2 Å². The number of nitrogens with one attached hydrogen (secondary N) is 1. The normalized spacial score (nSPS) is 12.6. The summed E-state index contributed by atoms with van der Waals surface area (Å²) in [5.41, 5.74) is 2.15.